The third kappa shape index (κ3) is 10.5. The Bertz CT molecular complexity index is 2920. The number of nitrogens with zero attached hydrogens (tertiary/aromatic N) is 6. The molecule has 1 saturated carbocycles. The summed E-state index contributed by atoms with van der Waals surface area (Å²) in [4.78, 5) is 41.6. The minimum absolute atomic E-state index is 0.0546. The van der Waals surface area contributed by atoms with E-state index in [-0.39, 0.29) is 47.8 Å². The molecule has 19 heteroatoms. The first-order chi connectivity index (χ1) is 33.1. The van der Waals surface area contributed by atoms with E-state index < -0.39 is 41.2 Å². The molecule has 3 aliphatic heterocycles. The Morgan fingerprint density at radius 2 is 1.78 bits per heavy atom. The number of aromatic amines is 1. The number of aromatic nitrogens is 3. The van der Waals surface area contributed by atoms with Crippen molar-refractivity contribution in [1.29, 1.82) is 0 Å². The first-order valence-electron chi connectivity index (χ1n) is 24.3. The maximum atomic E-state index is 14.0. The number of likely N-dealkylation sites (tertiary alicyclic amines) is 1. The molecule has 5 aromatic rings. The molecule has 17 nitrogen and oxygen atoms in total. The topological polar surface area (TPSA) is 214 Å². The molecule has 368 valence electrons. The van der Waals surface area contributed by atoms with Crippen LogP contribution < -0.4 is 19.7 Å². The summed E-state index contributed by atoms with van der Waals surface area (Å²) in [5.41, 5.74) is 4.09. The first kappa shape index (κ1) is 48.4. The van der Waals surface area contributed by atoms with Crippen LogP contribution in [0.25, 0.3) is 11.0 Å². The van der Waals surface area contributed by atoms with Gasteiger partial charge >= 0.3 is 5.69 Å². The Labute approximate surface area is 404 Å². The lowest BCUT2D eigenvalue weighted by molar-refractivity contribution is -0.384. The molecular weight excluding hydrogens is 919 g/mol. The van der Waals surface area contributed by atoms with Gasteiger partial charge in [0.15, 0.2) is 0 Å². The largest absolute Gasteiger partial charge is 0.455 e. The molecular formula is C50H63N9O8S2. The molecule has 0 radical (unpaired) electrons. The minimum atomic E-state index is -4.67. The molecule has 69 heavy (non-hydrogen) atoms. The van der Waals surface area contributed by atoms with Crippen molar-refractivity contribution in [3.8, 4) is 11.5 Å². The quantitative estimate of drug-likeness (QED) is 0.0623. The number of H-pyrrole nitrogens is 1. The van der Waals surface area contributed by atoms with Crippen molar-refractivity contribution < 1.29 is 31.8 Å². The van der Waals surface area contributed by atoms with E-state index in [4.69, 9.17) is 9.47 Å². The van der Waals surface area contributed by atoms with Crippen LogP contribution >= 0.6 is 0 Å². The van der Waals surface area contributed by atoms with Crippen molar-refractivity contribution >= 4 is 53.9 Å². The molecule has 1 aliphatic carbocycles. The van der Waals surface area contributed by atoms with Gasteiger partial charge in [-0.05, 0) is 105 Å². The number of amides is 1. The number of anilines is 2. The molecule has 4 aliphatic rings. The molecule has 2 aromatic carbocycles. The van der Waals surface area contributed by atoms with Gasteiger partial charge in [-0.1, -0.05) is 52.0 Å². The van der Waals surface area contributed by atoms with Crippen molar-refractivity contribution in [2.45, 2.75) is 114 Å². The summed E-state index contributed by atoms with van der Waals surface area (Å²) in [5.74, 6) is 0.764. The molecule has 0 bridgehead atoms. The van der Waals surface area contributed by atoms with E-state index in [1.165, 1.54) is 43.0 Å². The van der Waals surface area contributed by atoms with E-state index in [1.807, 2.05) is 19.9 Å². The van der Waals surface area contributed by atoms with Crippen molar-refractivity contribution in [2.75, 3.05) is 54.5 Å². The van der Waals surface area contributed by atoms with E-state index in [2.05, 4.69) is 77.3 Å². The Kier molecular flexibility index (Phi) is 14.0. The number of nitrogens with one attached hydrogen (secondary N) is 3. The number of nitro groups is 1. The number of piperidine rings is 1. The SMILES string of the molecule is CCS(=O)(CC)=NC1CCC(CNc2ncc(S(=O)(=O)NC(=O)c3ccc(N4CCC5(CC4)CC(N4CCC[C@@H]4c4ccccc4C(C)C)C5)cc3Oc3cnc4[nH]ccc4c3)cc2[N+](=O)[O-])OC1. The van der Waals surface area contributed by atoms with Gasteiger partial charge in [0.1, 0.15) is 22.0 Å². The second kappa shape index (κ2) is 20.0. The predicted molar refractivity (Wildman–Crippen MR) is 267 cm³/mol. The first-order valence-corrected chi connectivity index (χ1v) is 27.6. The van der Waals surface area contributed by atoms with Crippen LogP contribution in [-0.2, 0) is 24.5 Å². The second-order valence-corrected chi connectivity index (χ2v) is 23.9. The van der Waals surface area contributed by atoms with Gasteiger partial charge in [-0.15, -0.1) is 0 Å². The maximum absolute atomic E-state index is 14.0. The van der Waals surface area contributed by atoms with Gasteiger partial charge < -0.3 is 24.7 Å². The highest BCUT2D eigenvalue weighted by Crippen LogP contribution is 2.54. The van der Waals surface area contributed by atoms with Crippen LogP contribution in [-0.4, -0.2) is 106 Å². The highest BCUT2D eigenvalue weighted by atomic mass is 32.2. The lowest BCUT2D eigenvalue weighted by Crippen LogP contribution is -2.54. The molecule has 3 atom stereocenters. The average molecular weight is 982 g/mol. The van der Waals surface area contributed by atoms with Crippen LogP contribution in [0, 0.1) is 15.5 Å². The summed E-state index contributed by atoms with van der Waals surface area (Å²) in [5, 5.41) is 15.9. The highest BCUT2D eigenvalue weighted by molar-refractivity contribution is 7.93. The highest BCUT2D eigenvalue weighted by Gasteiger charge is 2.50. The van der Waals surface area contributed by atoms with Crippen LogP contribution in [0.15, 0.2) is 88.5 Å². The zero-order chi connectivity index (χ0) is 48.5. The third-order valence-corrected chi connectivity index (χ3v) is 18.5. The van der Waals surface area contributed by atoms with Crippen molar-refractivity contribution in [2.24, 2.45) is 9.78 Å². The zero-order valence-electron chi connectivity index (χ0n) is 39.8. The summed E-state index contributed by atoms with van der Waals surface area (Å²) >= 11 is 0. The van der Waals surface area contributed by atoms with Gasteiger partial charge in [0, 0.05) is 82.4 Å². The van der Waals surface area contributed by atoms with Gasteiger partial charge in [0.25, 0.3) is 15.9 Å². The van der Waals surface area contributed by atoms with Gasteiger partial charge in [-0.3, -0.25) is 19.8 Å². The second-order valence-electron chi connectivity index (χ2n) is 19.4. The monoisotopic (exact) mass is 981 g/mol. The fourth-order valence-electron chi connectivity index (χ4n) is 10.8. The fraction of sp³-hybridized carbons (Fsp3) is 0.500. The van der Waals surface area contributed by atoms with Gasteiger partial charge in [-0.25, -0.2) is 31.7 Å². The predicted octanol–water partition coefficient (Wildman–Crippen LogP) is 8.95. The normalized spacial score (nSPS) is 21.1. The Balaban J connectivity index is 0.874. The molecule has 1 amide bonds. The van der Waals surface area contributed by atoms with Gasteiger partial charge in [0.05, 0.1) is 41.6 Å². The Morgan fingerprint density at radius 1 is 1.00 bits per heavy atom. The lowest BCUT2D eigenvalue weighted by atomic mass is 9.59. The smallest absolute Gasteiger partial charge is 0.312 e. The average Bonchev–Trinajstić information content (AvgIpc) is 4.03. The molecule has 3 N–H and O–H groups in total. The third-order valence-electron chi connectivity index (χ3n) is 14.7. The number of carbonyl (C=O) groups is 1. The molecule has 4 fully saturated rings. The van der Waals surface area contributed by atoms with E-state index in [0.717, 1.165) is 55.8 Å². The number of fused-ring (bicyclic) bond motifs is 1. The summed E-state index contributed by atoms with van der Waals surface area (Å²) in [6.07, 6.45) is 12.0. The summed E-state index contributed by atoms with van der Waals surface area (Å²) < 4.78 is 59.3. The van der Waals surface area contributed by atoms with E-state index in [0.29, 0.717) is 53.7 Å². The van der Waals surface area contributed by atoms with Gasteiger partial charge in [0.2, 0.25) is 5.82 Å². The number of pyridine rings is 2. The molecule has 6 heterocycles. The van der Waals surface area contributed by atoms with E-state index >= 15 is 0 Å². The molecule has 2 unspecified atom stereocenters. The minimum Gasteiger partial charge on any atom is -0.455 e. The standard InChI is InChI=1S/C50H63N9O8S2/c1-5-68(63,6-2)55-35-13-15-38(66-32-35)29-53-48-45(59(61)62)26-40(31-54-48)69(64,65)56-49(60)43-16-14-36(25-46(43)67-39-24-34-17-20-51-47(34)52-30-39)57-22-18-50(19-23-57)27-37(28-50)58-21-9-12-44(58)42-11-8-7-10-41(42)33(3)4/h7-8,10-11,14,16-17,20,24-26,30-31,33,35,37-38,44H,5-6,9,12-13,15,18-19,21-23,27-29,32H2,1-4H3,(H,51,52)(H,53,54)(H,56,60)/t35?,38?,44-/m1/s1. The number of carbonyl (C=O) groups excluding carboxylic acids is 1. The summed E-state index contributed by atoms with van der Waals surface area (Å²) in [6, 6.07) is 19.4. The molecule has 3 aromatic heterocycles. The van der Waals surface area contributed by atoms with Crippen molar-refractivity contribution in [3.63, 3.8) is 0 Å². The van der Waals surface area contributed by atoms with Gasteiger partial charge in [-0.2, -0.15) is 0 Å². The number of hydrogen-bond donors (Lipinski definition) is 3. The van der Waals surface area contributed by atoms with Crippen molar-refractivity contribution in [1.82, 2.24) is 24.6 Å². The number of benzene rings is 2. The number of hydrogen-bond acceptors (Lipinski definition) is 14. The number of ether oxygens (including phenoxy) is 2. The molecule has 9 rings (SSSR count). The van der Waals surface area contributed by atoms with Crippen LogP contribution in [0.4, 0.5) is 17.2 Å². The lowest BCUT2D eigenvalue weighted by Gasteiger charge is -2.56. The van der Waals surface area contributed by atoms with Crippen LogP contribution in [0.1, 0.15) is 113 Å². The Hall–Kier alpha value is -5.63. The summed E-state index contributed by atoms with van der Waals surface area (Å²) in [6.45, 7) is 11.5. The Morgan fingerprint density at radius 3 is 2.51 bits per heavy atom. The fourth-order valence-corrected chi connectivity index (χ4v) is 13.1. The van der Waals surface area contributed by atoms with Crippen molar-refractivity contribution in [3.05, 3.63) is 106 Å². The van der Waals surface area contributed by atoms with Crippen LogP contribution in [0.2, 0.25) is 0 Å². The number of sulfonamides is 1. The number of rotatable bonds is 16. The maximum Gasteiger partial charge on any atom is 0.312 e. The zero-order valence-corrected chi connectivity index (χ0v) is 41.4. The van der Waals surface area contributed by atoms with E-state index in [1.54, 1.807) is 30.5 Å². The molecule has 3 saturated heterocycles. The van der Waals surface area contributed by atoms with E-state index in [9.17, 15) is 27.5 Å². The molecule has 1 spiro atoms. The van der Waals surface area contributed by atoms with Crippen LogP contribution in [0.5, 0.6) is 11.5 Å². The summed E-state index contributed by atoms with van der Waals surface area (Å²) in [7, 11) is -6.94. The van der Waals surface area contributed by atoms with Crippen LogP contribution in [0.3, 0.4) is 0 Å².